The maximum absolute atomic E-state index is 11.2. The zero-order valence-corrected chi connectivity index (χ0v) is 12.7. The summed E-state index contributed by atoms with van der Waals surface area (Å²) in [6.45, 7) is 4.79. The number of hydrogen-bond acceptors (Lipinski definition) is 5. The predicted octanol–water partition coefficient (Wildman–Crippen LogP) is 2.56. The third-order valence-corrected chi connectivity index (χ3v) is 4.23. The summed E-state index contributed by atoms with van der Waals surface area (Å²) in [5.74, 6) is 0.469. The van der Waals surface area contributed by atoms with E-state index in [0.717, 1.165) is 6.42 Å². The first-order chi connectivity index (χ1) is 9.43. The maximum Gasteiger partial charge on any atom is 0.275 e. The maximum atomic E-state index is 11.2. The zero-order chi connectivity index (χ0) is 15.1. The Bertz CT molecular complexity index is 493. The Labute approximate surface area is 121 Å². The normalized spacial score (nSPS) is 13.6. The van der Waals surface area contributed by atoms with Gasteiger partial charge in [0.15, 0.2) is 0 Å². The van der Waals surface area contributed by atoms with E-state index in [1.807, 2.05) is 13.8 Å². The average Bonchev–Trinajstić information content (AvgIpc) is 2.38. The van der Waals surface area contributed by atoms with Crippen LogP contribution in [-0.2, 0) is 10.8 Å². The van der Waals surface area contributed by atoms with Crippen LogP contribution in [0.1, 0.15) is 20.3 Å². The largest absolute Gasteiger partial charge is 0.494 e. The van der Waals surface area contributed by atoms with Gasteiger partial charge in [-0.25, -0.2) is 0 Å². The molecular weight excluding hydrogens is 280 g/mol. The molecule has 2 atom stereocenters. The first-order valence-electron chi connectivity index (χ1n) is 6.42. The van der Waals surface area contributed by atoms with Gasteiger partial charge in [-0.1, -0.05) is 6.92 Å². The zero-order valence-electron chi connectivity index (χ0n) is 11.9. The van der Waals surface area contributed by atoms with Crippen LogP contribution in [0.25, 0.3) is 0 Å². The third-order valence-electron chi connectivity index (χ3n) is 2.86. The molecular formula is C13H20N2O4S. The fourth-order valence-corrected chi connectivity index (χ4v) is 2.08. The Morgan fingerprint density at radius 2 is 2.15 bits per heavy atom. The van der Waals surface area contributed by atoms with Crippen molar-refractivity contribution in [2.75, 3.05) is 24.7 Å². The molecule has 112 valence electrons. The van der Waals surface area contributed by atoms with Gasteiger partial charge in [0, 0.05) is 46.7 Å². The van der Waals surface area contributed by atoms with Crippen molar-refractivity contribution >= 4 is 22.2 Å². The highest BCUT2D eigenvalue weighted by Crippen LogP contribution is 2.26. The number of rotatable bonds is 8. The molecule has 1 N–H and O–H groups in total. The summed E-state index contributed by atoms with van der Waals surface area (Å²) in [6, 6.07) is 4.60. The van der Waals surface area contributed by atoms with E-state index in [1.54, 1.807) is 12.3 Å². The highest BCUT2D eigenvalue weighted by Gasteiger charge is 2.11. The molecule has 0 amide bonds. The summed E-state index contributed by atoms with van der Waals surface area (Å²) >= 11 is 0. The van der Waals surface area contributed by atoms with Gasteiger partial charge < -0.3 is 10.1 Å². The van der Waals surface area contributed by atoms with Crippen molar-refractivity contribution in [2.24, 2.45) is 0 Å². The molecule has 7 heteroatoms. The number of anilines is 1. The Morgan fingerprint density at radius 1 is 1.45 bits per heavy atom. The minimum absolute atomic E-state index is 0.00873. The van der Waals surface area contributed by atoms with Gasteiger partial charge >= 0.3 is 0 Å². The van der Waals surface area contributed by atoms with Crippen molar-refractivity contribution in [3.63, 3.8) is 0 Å². The standard InChI is InChI=1S/C13H20N2O4S/c1-4-19-13-8-11(7-12(9-13)15(16)17)14-6-5-10(2)20(3)18/h7-10,14H,4-6H2,1-3H3. The molecule has 0 heterocycles. The molecule has 20 heavy (non-hydrogen) atoms. The van der Waals surface area contributed by atoms with E-state index in [1.165, 1.54) is 12.1 Å². The summed E-state index contributed by atoms with van der Waals surface area (Å²) in [5, 5.41) is 14.1. The van der Waals surface area contributed by atoms with Gasteiger partial charge in [0.05, 0.1) is 17.6 Å². The number of hydrogen-bond donors (Lipinski definition) is 1. The molecule has 0 aliphatic carbocycles. The number of benzene rings is 1. The number of nitrogens with one attached hydrogen (secondary N) is 1. The summed E-state index contributed by atoms with van der Waals surface area (Å²) in [7, 11) is -0.860. The highest BCUT2D eigenvalue weighted by molar-refractivity contribution is 7.84. The van der Waals surface area contributed by atoms with Gasteiger partial charge in [-0.15, -0.1) is 0 Å². The Balaban J connectivity index is 2.73. The van der Waals surface area contributed by atoms with E-state index in [-0.39, 0.29) is 10.9 Å². The molecule has 0 saturated heterocycles. The summed E-state index contributed by atoms with van der Waals surface area (Å²) < 4.78 is 16.6. The molecule has 2 unspecified atom stereocenters. The van der Waals surface area contributed by atoms with E-state index in [9.17, 15) is 14.3 Å². The van der Waals surface area contributed by atoms with E-state index in [0.29, 0.717) is 24.6 Å². The van der Waals surface area contributed by atoms with Crippen molar-refractivity contribution in [3.8, 4) is 5.75 Å². The molecule has 0 fully saturated rings. The van der Waals surface area contributed by atoms with Crippen molar-refractivity contribution in [1.29, 1.82) is 0 Å². The fourth-order valence-electron chi connectivity index (χ4n) is 1.63. The lowest BCUT2D eigenvalue weighted by atomic mass is 10.2. The average molecular weight is 300 g/mol. The molecule has 6 nitrogen and oxygen atoms in total. The lowest BCUT2D eigenvalue weighted by Gasteiger charge is -2.11. The molecule has 1 aromatic rings. The second-order valence-corrected chi connectivity index (χ2v) is 6.23. The number of nitro benzene ring substituents is 1. The molecule has 0 aliphatic heterocycles. The Morgan fingerprint density at radius 3 is 2.70 bits per heavy atom. The van der Waals surface area contributed by atoms with Gasteiger partial charge in [-0.05, 0) is 13.3 Å². The first kappa shape index (κ1) is 16.4. The highest BCUT2D eigenvalue weighted by atomic mass is 32.2. The monoisotopic (exact) mass is 300 g/mol. The van der Waals surface area contributed by atoms with Crippen LogP contribution in [0.5, 0.6) is 5.75 Å². The molecule has 0 saturated carbocycles. The Kier molecular flexibility index (Phi) is 6.44. The summed E-state index contributed by atoms with van der Waals surface area (Å²) in [4.78, 5) is 10.4. The van der Waals surface area contributed by atoms with Gasteiger partial charge in [0.2, 0.25) is 0 Å². The molecule has 0 bridgehead atoms. The smallest absolute Gasteiger partial charge is 0.275 e. The number of nitrogens with zero attached hydrogens (tertiary/aromatic N) is 1. The predicted molar refractivity (Wildman–Crippen MR) is 80.9 cm³/mol. The molecule has 1 aromatic carbocycles. The Hall–Kier alpha value is -1.63. The van der Waals surface area contributed by atoms with Crippen molar-refractivity contribution in [2.45, 2.75) is 25.5 Å². The molecule has 1 rings (SSSR count). The number of non-ortho nitro benzene ring substituents is 1. The van der Waals surface area contributed by atoms with Crippen LogP contribution >= 0.6 is 0 Å². The minimum atomic E-state index is -0.860. The first-order valence-corrected chi connectivity index (χ1v) is 8.04. The molecule has 0 radical (unpaired) electrons. The van der Waals surface area contributed by atoms with Crippen molar-refractivity contribution in [1.82, 2.24) is 0 Å². The van der Waals surface area contributed by atoms with E-state index >= 15 is 0 Å². The van der Waals surface area contributed by atoms with Crippen LogP contribution in [0.2, 0.25) is 0 Å². The fraction of sp³-hybridized carbons (Fsp3) is 0.538. The second kappa shape index (κ2) is 7.84. The van der Waals surface area contributed by atoms with Crippen molar-refractivity contribution in [3.05, 3.63) is 28.3 Å². The topological polar surface area (TPSA) is 81.5 Å². The van der Waals surface area contributed by atoms with Crippen LogP contribution in [0.15, 0.2) is 18.2 Å². The lowest BCUT2D eigenvalue weighted by molar-refractivity contribution is -0.384. The molecule has 0 spiro atoms. The number of ether oxygens (including phenoxy) is 1. The minimum Gasteiger partial charge on any atom is -0.494 e. The van der Waals surface area contributed by atoms with Crippen LogP contribution < -0.4 is 10.1 Å². The third kappa shape index (κ3) is 5.16. The van der Waals surface area contributed by atoms with Gasteiger partial charge in [0.25, 0.3) is 5.69 Å². The van der Waals surface area contributed by atoms with Crippen LogP contribution in [0, 0.1) is 10.1 Å². The van der Waals surface area contributed by atoms with Gasteiger partial charge in [0.1, 0.15) is 5.75 Å². The quantitative estimate of drug-likeness (QED) is 0.589. The second-order valence-electron chi connectivity index (χ2n) is 4.43. The SMILES string of the molecule is CCOc1cc(NCCC(C)S(C)=O)cc([N+](=O)[O-])c1. The van der Waals surface area contributed by atoms with Crippen LogP contribution in [0.3, 0.4) is 0 Å². The van der Waals surface area contributed by atoms with Crippen molar-refractivity contribution < 1.29 is 13.9 Å². The van der Waals surface area contributed by atoms with E-state index in [4.69, 9.17) is 4.74 Å². The van der Waals surface area contributed by atoms with Gasteiger partial charge in [-0.2, -0.15) is 0 Å². The number of nitro groups is 1. The molecule has 0 aromatic heterocycles. The van der Waals surface area contributed by atoms with Gasteiger partial charge in [-0.3, -0.25) is 14.3 Å². The van der Waals surface area contributed by atoms with E-state index < -0.39 is 15.7 Å². The van der Waals surface area contributed by atoms with E-state index in [2.05, 4.69) is 5.32 Å². The summed E-state index contributed by atoms with van der Waals surface area (Å²) in [5.41, 5.74) is 0.627. The molecule has 0 aliphatic rings. The lowest BCUT2D eigenvalue weighted by Crippen LogP contribution is -2.14. The summed E-state index contributed by atoms with van der Waals surface area (Å²) in [6.07, 6.45) is 2.40. The van der Waals surface area contributed by atoms with Crippen LogP contribution in [-0.4, -0.2) is 33.8 Å². The van der Waals surface area contributed by atoms with Crippen LogP contribution in [0.4, 0.5) is 11.4 Å².